The van der Waals surface area contributed by atoms with Crippen LogP contribution in [0, 0.1) is 19.7 Å². The quantitative estimate of drug-likeness (QED) is 0.932. The molecule has 1 atom stereocenters. The summed E-state index contributed by atoms with van der Waals surface area (Å²) in [5.74, 6) is -0.0218. The topological polar surface area (TPSA) is 42.4 Å². The second-order valence-electron chi connectivity index (χ2n) is 4.40. The fraction of sp³-hybridized carbons (Fsp3) is 0.357. The van der Waals surface area contributed by atoms with E-state index >= 15 is 0 Å². The zero-order chi connectivity index (χ0) is 14.0. The molecule has 0 amide bonds. The van der Waals surface area contributed by atoms with Crippen LogP contribution in [0.3, 0.4) is 0 Å². The van der Waals surface area contributed by atoms with Gasteiger partial charge >= 0.3 is 0 Å². The molecule has 0 saturated carbocycles. The van der Waals surface area contributed by atoms with Gasteiger partial charge in [0.15, 0.2) is 0 Å². The lowest BCUT2D eigenvalue weighted by Gasteiger charge is -2.09. The number of aliphatic hydroxyl groups excluding tert-OH is 1. The average Bonchev–Trinajstić information content (AvgIpc) is 2.66. The van der Waals surface area contributed by atoms with Crippen molar-refractivity contribution in [2.24, 2.45) is 0 Å². The van der Waals surface area contributed by atoms with Gasteiger partial charge in [-0.25, -0.2) is 9.37 Å². The van der Waals surface area contributed by atoms with E-state index in [9.17, 15) is 9.50 Å². The molecule has 2 aromatic rings. The molecule has 0 bridgehead atoms. The number of hydrogen-bond donors (Lipinski definition) is 1. The van der Waals surface area contributed by atoms with E-state index in [0.29, 0.717) is 12.4 Å². The number of aromatic nitrogens is 1. The number of nitrogens with zero attached hydrogens (tertiary/aromatic N) is 1. The molecule has 5 heteroatoms. The number of rotatable bonds is 4. The maximum absolute atomic E-state index is 13.6. The van der Waals surface area contributed by atoms with E-state index in [0.717, 1.165) is 15.6 Å². The fourth-order valence-electron chi connectivity index (χ4n) is 1.68. The van der Waals surface area contributed by atoms with Crippen molar-refractivity contribution in [3.05, 3.63) is 45.2 Å². The van der Waals surface area contributed by atoms with Crippen LogP contribution in [0.1, 0.15) is 34.2 Å². The van der Waals surface area contributed by atoms with Crippen molar-refractivity contribution in [2.45, 2.75) is 33.5 Å². The summed E-state index contributed by atoms with van der Waals surface area (Å²) in [5.41, 5.74) is 1.27. The van der Waals surface area contributed by atoms with Crippen molar-refractivity contribution < 1.29 is 14.2 Å². The molecule has 0 aliphatic heterocycles. The molecule has 19 heavy (non-hydrogen) atoms. The minimum atomic E-state index is -0.821. The first-order valence-corrected chi connectivity index (χ1v) is 6.82. The smallest absolute Gasteiger partial charge is 0.140 e. The van der Waals surface area contributed by atoms with Crippen molar-refractivity contribution in [1.82, 2.24) is 4.98 Å². The normalized spacial score (nSPS) is 12.5. The van der Waals surface area contributed by atoms with Gasteiger partial charge in [0.1, 0.15) is 23.2 Å². The summed E-state index contributed by atoms with van der Waals surface area (Å²) >= 11 is 1.58. The van der Waals surface area contributed by atoms with E-state index < -0.39 is 11.9 Å². The summed E-state index contributed by atoms with van der Waals surface area (Å²) in [4.78, 5) is 5.51. The van der Waals surface area contributed by atoms with Crippen LogP contribution in [0.25, 0.3) is 0 Å². The number of hydrogen-bond acceptors (Lipinski definition) is 4. The Morgan fingerprint density at radius 3 is 2.68 bits per heavy atom. The molecular formula is C14H16FNO2S. The third-order valence-electron chi connectivity index (χ3n) is 2.86. The van der Waals surface area contributed by atoms with Gasteiger partial charge in [-0.1, -0.05) is 0 Å². The SMILES string of the molecule is Cc1nc(COc2ccc([C@@H](C)O)c(F)c2)sc1C. The Morgan fingerprint density at radius 1 is 1.42 bits per heavy atom. The maximum Gasteiger partial charge on any atom is 0.140 e. The Kier molecular flexibility index (Phi) is 4.17. The molecule has 1 heterocycles. The highest BCUT2D eigenvalue weighted by Gasteiger charge is 2.10. The molecule has 2 rings (SSSR count). The van der Waals surface area contributed by atoms with Gasteiger partial charge in [0.2, 0.25) is 0 Å². The predicted octanol–water partition coefficient (Wildman–Crippen LogP) is 3.53. The largest absolute Gasteiger partial charge is 0.486 e. The van der Waals surface area contributed by atoms with Gasteiger partial charge in [0.05, 0.1) is 11.8 Å². The molecule has 0 saturated heterocycles. The van der Waals surface area contributed by atoms with Crippen LogP contribution in [0.4, 0.5) is 4.39 Å². The lowest BCUT2D eigenvalue weighted by atomic mass is 10.1. The second-order valence-corrected chi connectivity index (χ2v) is 5.68. The standard InChI is InChI=1S/C14H16FNO2S/c1-8-10(3)19-14(16-8)7-18-11-4-5-12(9(2)17)13(15)6-11/h4-6,9,17H,7H2,1-3H3/t9-/m1/s1. The molecule has 1 aromatic carbocycles. The van der Waals surface area contributed by atoms with Crippen LogP contribution in [-0.2, 0) is 6.61 Å². The van der Waals surface area contributed by atoms with Crippen molar-refractivity contribution in [3.63, 3.8) is 0 Å². The molecule has 0 spiro atoms. The Labute approximate surface area is 115 Å². The van der Waals surface area contributed by atoms with Gasteiger partial charge in [-0.3, -0.25) is 0 Å². The highest BCUT2D eigenvalue weighted by Crippen LogP contribution is 2.23. The Bertz CT molecular complexity index is 561. The third kappa shape index (κ3) is 3.30. The number of ether oxygens (including phenoxy) is 1. The van der Waals surface area contributed by atoms with Crippen LogP contribution in [-0.4, -0.2) is 10.1 Å². The Morgan fingerprint density at radius 2 is 2.16 bits per heavy atom. The molecule has 0 aliphatic rings. The summed E-state index contributed by atoms with van der Waals surface area (Å²) in [5, 5.41) is 10.2. The van der Waals surface area contributed by atoms with Gasteiger partial charge in [0.25, 0.3) is 0 Å². The number of aryl methyl sites for hydroxylation is 2. The highest BCUT2D eigenvalue weighted by atomic mass is 32.1. The van der Waals surface area contributed by atoms with Crippen LogP contribution in [0.5, 0.6) is 5.75 Å². The van der Waals surface area contributed by atoms with Crippen LogP contribution < -0.4 is 4.74 Å². The molecule has 0 unspecified atom stereocenters. The van der Waals surface area contributed by atoms with Crippen LogP contribution >= 0.6 is 11.3 Å². The highest BCUT2D eigenvalue weighted by molar-refractivity contribution is 7.11. The molecular weight excluding hydrogens is 265 g/mol. The van der Waals surface area contributed by atoms with Crippen molar-refractivity contribution >= 4 is 11.3 Å². The summed E-state index contributed by atoms with van der Waals surface area (Å²) < 4.78 is 19.1. The molecule has 0 fully saturated rings. The van der Waals surface area contributed by atoms with Crippen molar-refractivity contribution in [1.29, 1.82) is 0 Å². The van der Waals surface area contributed by atoms with Gasteiger partial charge in [0, 0.05) is 16.5 Å². The molecule has 1 aromatic heterocycles. The molecule has 0 radical (unpaired) electrons. The zero-order valence-corrected chi connectivity index (χ0v) is 11.9. The van der Waals surface area contributed by atoms with E-state index in [1.807, 2.05) is 13.8 Å². The summed E-state index contributed by atoms with van der Waals surface area (Å²) in [6.45, 7) is 5.81. The second kappa shape index (κ2) is 5.67. The first-order valence-electron chi connectivity index (χ1n) is 6.00. The van der Waals surface area contributed by atoms with Gasteiger partial charge in [-0.05, 0) is 32.9 Å². The van der Waals surface area contributed by atoms with Crippen molar-refractivity contribution in [2.75, 3.05) is 0 Å². The zero-order valence-electron chi connectivity index (χ0n) is 11.1. The predicted molar refractivity (Wildman–Crippen MR) is 73.0 cm³/mol. The Hall–Kier alpha value is -1.46. The molecule has 102 valence electrons. The van der Waals surface area contributed by atoms with Crippen LogP contribution in [0.15, 0.2) is 18.2 Å². The molecule has 3 nitrogen and oxygen atoms in total. The van der Waals surface area contributed by atoms with E-state index in [2.05, 4.69) is 4.98 Å². The molecule has 1 N–H and O–H groups in total. The van der Waals surface area contributed by atoms with E-state index in [-0.39, 0.29) is 5.56 Å². The minimum Gasteiger partial charge on any atom is -0.486 e. The third-order valence-corrected chi connectivity index (χ3v) is 3.90. The first-order chi connectivity index (χ1) is 8.97. The lowest BCUT2D eigenvalue weighted by molar-refractivity contribution is 0.194. The summed E-state index contributed by atoms with van der Waals surface area (Å²) in [6, 6.07) is 4.47. The first kappa shape index (κ1) is 14.0. The average molecular weight is 281 g/mol. The maximum atomic E-state index is 13.6. The fourth-order valence-corrected chi connectivity index (χ4v) is 2.53. The number of halogens is 1. The van der Waals surface area contributed by atoms with Gasteiger partial charge < -0.3 is 9.84 Å². The van der Waals surface area contributed by atoms with E-state index in [1.54, 1.807) is 17.4 Å². The summed E-state index contributed by atoms with van der Waals surface area (Å²) in [7, 11) is 0. The lowest BCUT2D eigenvalue weighted by Crippen LogP contribution is -1.99. The monoisotopic (exact) mass is 281 g/mol. The van der Waals surface area contributed by atoms with Crippen LogP contribution in [0.2, 0.25) is 0 Å². The number of thiazole rings is 1. The number of aliphatic hydroxyl groups is 1. The minimum absolute atomic E-state index is 0.272. The van der Waals surface area contributed by atoms with Gasteiger partial charge in [-0.15, -0.1) is 11.3 Å². The van der Waals surface area contributed by atoms with Gasteiger partial charge in [-0.2, -0.15) is 0 Å². The van der Waals surface area contributed by atoms with Crippen molar-refractivity contribution in [3.8, 4) is 5.75 Å². The Balaban J connectivity index is 2.06. The molecule has 0 aliphatic carbocycles. The van der Waals surface area contributed by atoms with E-state index in [4.69, 9.17) is 4.74 Å². The number of benzene rings is 1. The summed E-state index contributed by atoms with van der Waals surface area (Å²) in [6.07, 6.45) is -0.821. The van der Waals surface area contributed by atoms with E-state index in [1.165, 1.54) is 19.1 Å².